The second-order valence-electron chi connectivity index (χ2n) is 8.58. The molecule has 3 aromatic heterocycles. The summed E-state index contributed by atoms with van der Waals surface area (Å²) in [5.74, 6) is -0.301. The van der Waals surface area contributed by atoms with E-state index in [2.05, 4.69) is 20.4 Å². The molecule has 11 heteroatoms. The first-order chi connectivity index (χ1) is 17.4. The molecule has 0 bridgehead atoms. The van der Waals surface area contributed by atoms with Crippen molar-refractivity contribution < 1.29 is 13.5 Å². The fraction of sp³-hybridized carbons (Fsp3) is 0.280. The third-order valence-corrected chi connectivity index (χ3v) is 6.39. The van der Waals surface area contributed by atoms with E-state index >= 15 is 0 Å². The number of nitrogens with zero attached hydrogens (tertiary/aromatic N) is 5. The van der Waals surface area contributed by atoms with E-state index in [1.807, 2.05) is 0 Å². The Hall–Kier alpha value is -3.63. The molecule has 0 saturated carbocycles. The molecule has 4 aromatic rings. The fourth-order valence-corrected chi connectivity index (χ4v) is 4.38. The van der Waals surface area contributed by atoms with Crippen molar-refractivity contribution >= 4 is 17.5 Å². The van der Waals surface area contributed by atoms with E-state index in [1.165, 1.54) is 22.8 Å². The van der Waals surface area contributed by atoms with Crippen LogP contribution < -0.4 is 10.9 Å². The summed E-state index contributed by atoms with van der Waals surface area (Å²) in [7, 11) is 1.76. The van der Waals surface area contributed by atoms with Crippen LogP contribution >= 0.6 is 11.6 Å². The van der Waals surface area contributed by atoms with E-state index in [-0.39, 0.29) is 23.1 Å². The average Bonchev–Trinajstić information content (AvgIpc) is 3.30. The summed E-state index contributed by atoms with van der Waals surface area (Å²) in [6.07, 6.45) is 5.94. The maximum absolute atomic E-state index is 14.3. The molecule has 0 aliphatic carbocycles. The molecule has 8 nitrogen and oxygen atoms in total. The van der Waals surface area contributed by atoms with Crippen molar-refractivity contribution in [2.24, 2.45) is 7.05 Å². The van der Waals surface area contributed by atoms with Crippen LogP contribution in [0.25, 0.3) is 11.3 Å². The summed E-state index contributed by atoms with van der Waals surface area (Å²) in [6, 6.07) is 8.27. The van der Waals surface area contributed by atoms with Crippen molar-refractivity contribution in [1.29, 1.82) is 0 Å². The molecule has 1 unspecified atom stereocenters. The zero-order valence-corrected chi connectivity index (χ0v) is 20.1. The molecule has 5 rings (SSSR count). The number of hydrogen-bond donors (Lipinski definition) is 1. The standard InChI is InChI=1S/C25H23ClF2N6O2/c1-33-13-17(12-30-33)24(16-2-3-18(26)19(27)10-16)34-8-5-15(11-23(34)35)21-4-7-29-25(31-21)32-22-6-9-36-14-20(22)28/h2-5,7-8,10-13,20,22,24H,6,9,14H2,1H3,(H,29,31,32)/t20-,22-,24?/m1/s1. The van der Waals surface area contributed by atoms with Crippen molar-refractivity contribution in [3.05, 3.63) is 93.5 Å². The maximum Gasteiger partial charge on any atom is 0.252 e. The number of anilines is 1. The predicted octanol–water partition coefficient (Wildman–Crippen LogP) is 4.01. The van der Waals surface area contributed by atoms with Crippen molar-refractivity contribution in [3.8, 4) is 11.3 Å². The second kappa shape index (κ2) is 10.2. The van der Waals surface area contributed by atoms with Crippen LogP contribution in [-0.4, -0.2) is 49.7 Å². The highest BCUT2D eigenvalue weighted by Gasteiger charge is 2.26. The Kier molecular flexibility index (Phi) is 6.80. The molecule has 1 fully saturated rings. The molecule has 1 saturated heterocycles. The van der Waals surface area contributed by atoms with Crippen LogP contribution in [0.15, 0.2) is 66.0 Å². The van der Waals surface area contributed by atoms with Gasteiger partial charge in [-0.05, 0) is 36.2 Å². The largest absolute Gasteiger partial charge is 0.378 e. The molecule has 1 aliphatic rings. The van der Waals surface area contributed by atoms with Gasteiger partial charge in [-0.3, -0.25) is 9.48 Å². The Morgan fingerprint density at radius 3 is 2.81 bits per heavy atom. The van der Waals surface area contributed by atoms with E-state index in [4.69, 9.17) is 16.3 Å². The van der Waals surface area contributed by atoms with Crippen molar-refractivity contribution in [2.45, 2.75) is 24.7 Å². The van der Waals surface area contributed by atoms with Crippen LogP contribution in [0.3, 0.4) is 0 Å². The number of aromatic nitrogens is 5. The molecule has 3 atom stereocenters. The highest BCUT2D eigenvalue weighted by molar-refractivity contribution is 6.30. The minimum Gasteiger partial charge on any atom is -0.378 e. The quantitative estimate of drug-likeness (QED) is 0.420. The number of nitrogens with one attached hydrogen (secondary N) is 1. The normalized spacial score (nSPS) is 18.7. The van der Waals surface area contributed by atoms with E-state index in [9.17, 15) is 13.6 Å². The third-order valence-electron chi connectivity index (χ3n) is 6.08. The summed E-state index contributed by atoms with van der Waals surface area (Å²) < 4.78 is 36.7. The minimum absolute atomic E-state index is 0.000564. The lowest BCUT2D eigenvalue weighted by atomic mass is 10.0. The summed E-state index contributed by atoms with van der Waals surface area (Å²) in [5.41, 5.74) is 2.01. The van der Waals surface area contributed by atoms with Crippen LogP contribution in [0.2, 0.25) is 5.02 Å². The van der Waals surface area contributed by atoms with Gasteiger partial charge in [-0.15, -0.1) is 0 Å². The van der Waals surface area contributed by atoms with Gasteiger partial charge in [0.25, 0.3) is 5.56 Å². The van der Waals surface area contributed by atoms with Crippen LogP contribution in [-0.2, 0) is 11.8 Å². The first-order valence-electron chi connectivity index (χ1n) is 11.4. The fourth-order valence-electron chi connectivity index (χ4n) is 4.26. The van der Waals surface area contributed by atoms with Crippen LogP contribution in [0.4, 0.5) is 14.7 Å². The zero-order chi connectivity index (χ0) is 25.2. The summed E-state index contributed by atoms with van der Waals surface area (Å²) in [5, 5.41) is 7.23. The molecular weight excluding hydrogens is 490 g/mol. The monoisotopic (exact) mass is 512 g/mol. The SMILES string of the molecule is Cn1cc(C(c2ccc(Cl)c(F)c2)n2ccc(-c3ccnc(N[C@@H]4CCOC[C@H]4F)n3)cc2=O)cn1. The van der Waals surface area contributed by atoms with Gasteiger partial charge in [-0.2, -0.15) is 5.10 Å². The highest BCUT2D eigenvalue weighted by atomic mass is 35.5. The maximum atomic E-state index is 14.3. The van der Waals surface area contributed by atoms with Crippen molar-refractivity contribution in [3.63, 3.8) is 0 Å². The molecule has 0 radical (unpaired) electrons. The first kappa shape index (κ1) is 24.1. The van der Waals surface area contributed by atoms with Gasteiger partial charge in [0.05, 0.1) is 35.6 Å². The van der Waals surface area contributed by atoms with E-state index in [1.54, 1.807) is 54.7 Å². The van der Waals surface area contributed by atoms with Crippen LogP contribution in [0, 0.1) is 5.82 Å². The Balaban J connectivity index is 1.48. The Morgan fingerprint density at radius 1 is 1.22 bits per heavy atom. The smallest absolute Gasteiger partial charge is 0.252 e. The van der Waals surface area contributed by atoms with Crippen LogP contribution in [0.5, 0.6) is 0 Å². The van der Waals surface area contributed by atoms with Gasteiger partial charge in [0.15, 0.2) is 0 Å². The first-order valence-corrected chi connectivity index (χ1v) is 11.7. The predicted molar refractivity (Wildman–Crippen MR) is 131 cm³/mol. The number of aryl methyl sites for hydroxylation is 1. The zero-order valence-electron chi connectivity index (χ0n) is 19.3. The average molecular weight is 513 g/mol. The number of rotatable bonds is 6. The molecule has 0 spiro atoms. The lowest BCUT2D eigenvalue weighted by Gasteiger charge is -2.26. The molecule has 1 aliphatic heterocycles. The minimum atomic E-state index is -1.16. The molecular formula is C25H23ClF2N6O2. The van der Waals surface area contributed by atoms with Crippen molar-refractivity contribution in [1.82, 2.24) is 24.3 Å². The molecule has 1 N–H and O–H groups in total. The summed E-state index contributed by atoms with van der Waals surface area (Å²) >= 11 is 5.88. The molecule has 186 valence electrons. The van der Waals surface area contributed by atoms with Crippen LogP contribution in [0.1, 0.15) is 23.6 Å². The number of benzene rings is 1. The van der Waals surface area contributed by atoms with Gasteiger partial charge in [-0.1, -0.05) is 17.7 Å². The van der Waals surface area contributed by atoms with E-state index in [0.29, 0.717) is 35.4 Å². The molecule has 36 heavy (non-hydrogen) atoms. The number of alkyl halides is 1. The summed E-state index contributed by atoms with van der Waals surface area (Å²) in [6.45, 7) is 0.497. The van der Waals surface area contributed by atoms with Gasteiger partial charge in [-0.25, -0.2) is 18.7 Å². The Morgan fingerprint density at radius 2 is 2.08 bits per heavy atom. The Bertz CT molecular complexity index is 1440. The van der Waals surface area contributed by atoms with E-state index in [0.717, 1.165) is 0 Å². The van der Waals surface area contributed by atoms with E-state index < -0.39 is 24.1 Å². The highest BCUT2D eigenvalue weighted by Crippen LogP contribution is 2.29. The number of ether oxygens (including phenoxy) is 1. The second-order valence-corrected chi connectivity index (χ2v) is 8.99. The van der Waals surface area contributed by atoms with Gasteiger partial charge in [0, 0.05) is 49.4 Å². The number of halogens is 3. The van der Waals surface area contributed by atoms with Gasteiger partial charge >= 0.3 is 0 Å². The van der Waals surface area contributed by atoms with Gasteiger partial charge in [0.1, 0.15) is 12.0 Å². The lowest BCUT2D eigenvalue weighted by molar-refractivity contribution is 0.0284. The van der Waals surface area contributed by atoms with Gasteiger partial charge < -0.3 is 14.6 Å². The Labute approximate surface area is 210 Å². The molecule has 0 amide bonds. The number of pyridine rings is 1. The topological polar surface area (TPSA) is 86.9 Å². The third kappa shape index (κ3) is 5.00. The van der Waals surface area contributed by atoms with Crippen molar-refractivity contribution in [2.75, 3.05) is 18.5 Å². The van der Waals surface area contributed by atoms with Gasteiger partial charge in [0.2, 0.25) is 5.95 Å². The lowest BCUT2D eigenvalue weighted by Crippen LogP contribution is -2.39. The molecule has 1 aromatic carbocycles. The number of hydrogen-bond acceptors (Lipinski definition) is 6. The summed E-state index contributed by atoms with van der Waals surface area (Å²) in [4.78, 5) is 22.0. The molecule has 4 heterocycles.